The molecule has 0 saturated carbocycles. The van der Waals surface area contributed by atoms with Gasteiger partial charge in [0.15, 0.2) is 0 Å². The molecule has 3 rings (SSSR count). The molecule has 0 unspecified atom stereocenters. The zero-order valence-corrected chi connectivity index (χ0v) is 14.9. The highest BCUT2D eigenvalue weighted by atomic mass is 35.5. The Morgan fingerprint density at radius 3 is 1.92 bits per heavy atom. The van der Waals surface area contributed by atoms with E-state index in [1.54, 1.807) is 21.9 Å². The highest BCUT2D eigenvalue weighted by molar-refractivity contribution is 6.29. The summed E-state index contributed by atoms with van der Waals surface area (Å²) in [5.41, 5.74) is 2.42. The van der Waals surface area contributed by atoms with Crippen LogP contribution in [0.1, 0.15) is 33.2 Å². The molecule has 1 saturated heterocycles. The highest BCUT2D eigenvalue weighted by Gasteiger charge is 2.25. The van der Waals surface area contributed by atoms with Crippen molar-refractivity contribution in [2.75, 3.05) is 26.2 Å². The Morgan fingerprint density at radius 1 is 0.920 bits per heavy atom. The van der Waals surface area contributed by atoms with Gasteiger partial charge in [0, 0.05) is 37.9 Å². The van der Waals surface area contributed by atoms with Crippen LogP contribution in [-0.4, -0.2) is 52.8 Å². The fourth-order valence-corrected chi connectivity index (χ4v) is 2.97. The topological polar surface area (TPSA) is 53.5 Å². The normalized spacial score (nSPS) is 14.5. The van der Waals surface area contributed by atoms with Crippen molar-refractivity contribution in [3.8, 4) is 0 Å². The van der Waals surface area contributed by atoms with Crippen LogP contribution >= 0.6 is 11.6 Å². The largest absolute Gasteiger partial charge is 0.335 e. The zero-order chi connectivity index (χ0) is 17.8. The van der Waals surface area contributed by atoms with E-state index in [1.165, 1.54) is 11.8 Å². The maximum Gasteiger partial charge on any atom is 0.255 e. The molecule has 2 heterocycles. The molecular weight excluding hydrogens is 338 g/mol. The lowest BCUT2D eigenvalue weighted by molar-refractivity contribution is 0.0535. The number of aromatic nitrogens is 1. The van der Waals surface area contributed by atoms with Crippen LogP contribution < -0.4 is 0 Å². The second-order valence-corrected chi connectivity index (χ2v) is 6.39. The first-order valence-corrected chi connectivity index (χ1v) is 8.75. The zero-order valence-electron chi connectivity index (χ0n) is 14.1. The van der Waals surface area contributed by atoms with Crippen LogP contribution in [0, 0.1) is 0 Å². The molecule has 1 aliphatic heterocycles. The predicted molar refractivity (Wildman–Crippen MR) is 96.9 cm³/mol. The van der Waals surface area contributed by atoms with E-state index < -0.39 is 0 Å². The minimum Gasteiger partial charge on any atom is -0.335 e. The summed E-state index contributed by atoms with van der Waals surface area (Å²) in [5, 5.41) is 0.362. The van der Waals surface area contributed by atoms with E-state index in [4.69, 9.17) is 11.6 Å². The van der Waals surface area contributed by atoms with Crippen molar-refractivity contribution in [3.05, 3.63) is 64.4 Å². The maximum absolute atomic E-state index is 12.6. The molecule has 1 aromatic carbocycles. The Kier molecular flexibility index (Phi) is 5.34. The van der Waals surface area contributed by atoms with Gasteiger partial charge in [-0.1, -0.05) is 30.7 Å². The molecule has 25 heavy (non-hydrogen) atoms. The van der Waals surface area contributed by atoms with E-state index in [-0.39, 0.29) is 11.8 Å². The number of hydrogen-bond donors (Lipinski definition) is 0. The minimum atomic E-state index is -0.0800. The molecule has 1 aromatic heterocycles. The van der Waals surface area contributed by atoms with E-state index in [2.05, 4.69) is 11.9 Å². The molecule has 130 valence electrons. The molecule has 6 heteroatoms. The van der Waals surface area contributed by atoms with Crippen LogP contribution in [-0.2, 0) is 6.42 Å². The molecule has 0 atom stereocenters. The van der Waals surface area contributed by atoms with Gasteiger partial charge in [-0.3, -0.25) is 9.59 Å². The molecule has 0 aliphatic carbocycles. The van der Waals surface area contributed by atoms with E-state index >= 15 is 0 Å². The molecule has 0 bridgehead atoms. The molecular formula is C19H20ClN3O2. The summed E-state index contributed by atoms with van der Waals surface area (Å²) in [6.07, 6.45) is 2.44. The summed E-state index contributed by atoms with van der Waals surface area (Å²) in [5.74, 6) is -0.0634. The molecule has 0 N–H and O–H groups in total. The van der Waals surface area contributed by atoms with Crippen LogP contribution in [0.25, 0.3) is 0 Å². The smallest absolute Gasteiger partial charge is 0.255 e. The van der Waals surface area contributed by atoms with Gasteiger partial charge in [0.1, 0.15) is 5.15 Å². The molecule has 1 fully saturated rings. The van der Waals surface area contributed by atoms with Crippen molar-refractivity contribution < 1.29 is 9.59 Å². The van der Waals surface area contributed by atoms with Crippen molar-refractivity contribution in [1.29, 1.82) is 0 Å². The lowest BCUT2D eigenvalue weighted by atomic mass is 10.1. The maximum atomic E-state index is 12.6. The van der Waals surface area contributed by atoms with Crippen LogP contribution in [0.3, 0.4) is 0 Å². The van der Waals surface area contributed by atoms with Crippen molar-refractivity contribution in [2.45, 2.75) is 13.3 Å². The van der Waals surface area contributed by atoms with Crippen LogP contribution in [0.15, 0.2) is 42.6 Å². The van der Waals surface area contributed by atoms with E-state index in [1.807, 2.05) is 24.3 Å². The second kappa shape index (κ2) is 7.66. The lowest BCUT2D eigenvalue weighted by Crippen LogP contribution is -2.50. The number of rotatable bonds is 3. The number of halogens is 1. The van der Waals surface area contributed by atoms with E-state index in [0.29, 0.717) is 42.5 Å². The van der Waals surface area contributed by atoms with Crippen LogP contribution in [0.2, 0.25) is 5.15 Å². The van der Waals surface area contributed by atoms with Crippen LogP contribution in [0.4, 0.5) is 0 Å². The fourth-order valence-electron chi connectivity index (χ4n) is 2.86. The van der Waals surface area contributed by atoms with Crippen molar-refractivity contribution in [1.82, 2.24) is 14.8 Å². The molecule has 1 aliphatic rings. The average molecular weight is 358 g/mol. The first kappa shape index (κ1) is 17.4. The number of carbonyl (C=O) groups excluding carboxylic acids is 2. The summed E-state index contributed by atoms with van der Waals surface area (Å²) in [4.78, 5) is 32.5. The molecule has 5 nitrogen and oxygen atoms in total. The van der Waals surface area contributed by atoms with Crippen molar-refractivity contribution in [3.63, 3.8) is 0 Å². The number of carbonyl (C=O) groups is 2. The van der Waals surface area contributed by atoms with Gasteiger partial charge in [-0.2, -0.15) is 0 Å². The van der Waals surface area contributed by atoms with Gasteiger partial charge in [0.05, 0.1) is 5.56 Å². The fraction of sp³-hybridized carbons (Fsp3) is 0.316. The van der Waals surface area contributed by atoms with Crippen LogP contribution in [0.5, 0.6) is 0 Å². The number of nitrogens with zero attached hydrogens (tertiary/aromatic N) is 3. The number of pyridine rings is 1. The summed E-state index contributed by atoms with van der Waals surface area (Å²) in [6, 6.07) is 11.0. The number of amides is 2. The molecule has 2 amide bonds. The minimum absolute atomic E-state index is 0.0166. The quantitative estimate of drug-likeness (QED) is 0.794. The number of aryl methyl sites for hydroxylation is 1. The van der Waals surface area contributed by atoms with Gasteiger partial charge >= 0.3 is 0 Å². The highest BCUT2D eigenvalue weighted by Crippen LogP contribution is 2.13. The number of benzene rings is 1. The monoisotopic (exact) mass is 357 g/mol. The first-order valence-electron chi connectivity index (χ1n) is 8.37. The molecule has 2 aromatic rings. The third-order valence-electron chi connectivity index (χ3n) is 4.44. The SMILES string of the molecule is CCc1ccc(C(=O)N2CCN(C(=O)c3ccc(Cl)nc3)CC2)cc1. The van der Waals surface area contributed by atoms with Gasteiger partial charge in [-0.05, 0) is 36.2 Å². The Bertz CT molecular complexity index is 751. The Morgan fingerprint density at radius 2 is 1.44 bits per heavy atom. The first-order chi connectivity index (χ1) is 12.1. The molecule has 0 spiro atoms. The van der Waals surface area contributed by atoms with Gasteiger partial charge < -0.3 is 9.80 Å². The summed E-state index contributed by atoms with van der Waals surface area (Å²) >= 11 is 5.75. The van der Waals surface area contributed by atoms with Gasteiger partial charge in [-0.25, -0.2) is 4.98 Å². The van der Waals surface area contributed by atoms with E-state index in [0.717, 1.165) is 6.42 Å². The van der Waals surface area contributed by atoms with Gasteiger partial charge in [0.25, 0.3) is 11.8 Å². The number of piperazine rings is 1. The van der Waals surface area contributed by atoms with Gasteiger partial charge in [-0.15, -0.1) is 0 Å². The third kappa shape index (κ3) is 3.99. The summed E-state index contributed by atoms with van der Waals surface area (Å²) in [6.45, 7) is 4.17. The third-order valence-corrected chi connectivity index (χ3v) is 4.66. The lowest BCUT2D eigenvalue weighted by Gasteiger charge is -2.34. The second-order valence-electron chi connectivity index (χ2n) is 6.00. The van der Waals surface area contributed by atoms with Crippen molar-refractivity contribution in [2.24, 2.45) is 0 Å². The van der Waals surface area contributed by atoms with Crippen molar-refractivity contribution >= 4 is 23.4 Å². The average Bonchev–Trinajstić information content (AvgIpc) is 2.67. The standard InChI is InChI=1S/C19H20ClN3O2/c1-2-14-3-5-15(6-4-14)18(24)22-9-11-23(12-10-22)19(25)16-7-8-17(20)21-13-16/h3-8,13H,2,9-12H2,1H3. The Balaban J connectivity index is 1.60. The predicted octanol–water partition coefficient (Wildman–Crippen LogP) is 2.90. The summed E-state index contributed by atoms with van der Waals surface area (Å²) < 4.78 is 0. The molecule has 0 radical (unpaired) electrons. The number of hydrogen-bond acceptors (Lipinski definition) is 3. The summed E-state index contributed by atoms with van der Waals surface area (Å²) in [7, 11) is 0. The Labute approximate surface area is 152 Å². The van der Waals surface area contributed by atoms with E-state index in [9.17, 15) is 9.59 Å². The Hall–Kier alpha value is -2.40. The van der Waals surface area contributed by atoms with Gasteiger partial charge in [0.2, 0.25) is 0 Å².